The summed E-state index contributed by atoms with van der Waals surface area (Å²) >= 11 is 0. The number of hydrogen-bond donors (Lipinski definition) is 0. The topological polar surface area (TPSA) is 55.8 Å². The lowest BCUT2D eigenvalue weighted by molar-refractivity contribution is -0.147. The summed E-state index contributed by atoms with van der Waals surface area (Å²) in [6.45, 7) is 7.70. The lowest BCUT2D eigenvalue weighted by atomic mass is 10.1. The van der Waals surface area contributed by atoms with Gasteiger partial charge in [0.05, 0.1) is 13.2 Å². The molecule has 0 heterocycles. The van der Waals surface area contributed by atoms with Crippen molar-refractivity contribution in [2.45, 2.75) is 33.1 Å². The van der Waals surface area contributed by atoms with Gasteiger partial charge in [0.1, 0.15) is 13.0 Å². The molecule has 0 amide bonds. The Morgan fingerprint density at radius 2 is 1.75 bits per heavy atom. The van der Waals surface area contributed by atoms with Crippen LogP contribution in [0.5, 0.6) is 0 Å². The molecule has 0 saturated heterocycles. The maximum Gasteiger partial charge on any atom is 0.313 e. The van der Waals surface area contributed by atoms with Gasteiger partial charge >= 0.3 is 5.97 Å². The Kier molecular flexibility index (Phi) is 10.7. The fourth-order valence-corrected chi connectivity index (χ4v) is 2.29. The summed E-state index contributed by atoms with van der Waals surface area (Å²) in [5, 5.41) is 0. The van der Waals surface area contributed by atoms with E-state index in [1.54, 1.807) is 0 Å². The maximum atomic E-state index is 11.7. The monoisotopic (exact) mass is 335 g/mol. The second-order valence-corrected chi connectivity index (χ2v) is 5.60. The average Bonchev–Trinajstić information content (AvgIpc) is 2.60. The normalized spacial score (nSPS) is 10.8. The molecule has 1 aromatic rings. The number of ether oxygens (including phenoxy) is 2. The first-order chi connectivity index (χ1) is 11.7. The van der Waals surface area contributed by atoms with E-state index in [0.717, 1.165) is 32.5 Å². The molecule has 1 rings (SSSR count). The van der Waals surface area contributed by atoms with E-state index in [1.807, 2.05) is 30.3 Å². The average molecular weight is 335 g/mol. The molecule has 0 atom stereocenters. The van der Waals surface area contributed by atoms with Gasteiger partial charge in [0.15, 0.2) is 5.78 Å². The Morgan fingerprint density at radius 3 is 2.42 bits per heavy atom. The second-order valence-electron chi connectivity index (χ2n) is 5.60. The third kappa shape index (κ3) is 9.43. The van der Waals surface area contributed by atoms with Crippen LogP contribution in [0.3, 0.4) is 0 Å². The van der Waals surface area contributed by atoms with Crippen LogP contribution in [0.4, 0.5) is 0 Å². The van der Waals surface area contributed by atoms with Crippen LogP contribution in [0.1, 0.15) is 32.3 Å². The minimum absolute atomic E-state index is 0.0274. The zero-order chi connectivity index (χ0) is 17.6. The highest BCUT2D eigenvalue weighted by Crippen LogP contribution is 2.03. The maximum absolute atomic E-state index is 11.7. The highest BCUT2D eigenvalue weighted by atomic mass is 16.5. The Hall–Kier alpha value is -1.72. The first-order valence-corrected chi connectivity index (χ1v) is 8.67. The number of aryl methyl sites for hydroxylation is 1. The van der Waals surface area contributed by atoms with Gasteiger partial charge in [0, 0.05) is 6.54 Å². The summed E-state index contributed by atoms with van der Waals surface area (Å²) in [6, 6.07) is 10.0. The highest BCUT2D eigenvalue weighted by Gasteiger charge is 2.11. The minimum Gasteiger partial charge on any atom is -0.465 e. The van der Waals surface area contributed by atoms with Crippen molar-refractivity contribution < 1.29 is 19.1 Å². The van der Waals surface area contributed by atoms with Crippen LogP contribution in [-0.4, -0.2) is 56.1 Å². The lowest BCUT2D eigenvalue weighted by Gasteiger charge is -2.17. The molecule has 0 aromatic heterocycles. The lowest BCUT2D eigenvalue weighted by Crippen LogP contribution is -2.28. The number of ketones is 1. The Bertz CT molecular complexity index is 472. The zero-order valence-electron chi connectivity index (χ0n) is 14.8. The van der Waals surface area contributed by atoms with Gasteiger partial charge in [-0.3, -0.25) is 9.59 Å². The van der Waals surface area contributed by atoms with Gasteiger partial charge in [0.25, 0.3) is 0 Å². The van der Waals surface area contributed by atoms with Crippen LogP contribution < -0.4 is 0 Å². The molecule has 0 spiro atoms. The minimum atomic E-state index is -0.472. The highest BCUT2D eigenvalue weighted by molar-refractivity contribution is 5.96. The number of carbonyl (C=O) groups excluding carboxylic acids is 2. The van der Waals surface area contributed by atoms with Crippen molar-refractivity contribution >= 4 is 11.8 Å². The molecule has 0 aliphatic heterocycles. The van der Waals surface area contributed by atoms with Crippen molar-refractivity contribution in [2.75, 3.05) is 39.5 Å². The molecule has 0 unspecified atom stereocenters. The van der Waals surface area contributed by atoms with Crippen LogP contribution in [0.25, 0.3) is 0 Å². The molecule has 24 heavy (non-hydrogen) atoms. The van der Waals surface area contributed by atoms with Gasteiger partial charge < -0.3 is 14.4 Å². The fraction of sp³-hybridized carbons (Fsp3) is 0.579. The number of carbonyl (C=O) groups is 2. The summed E-state index contributed by atoms with van der Waals surface area (Å²) in [6.07, 6.45) is 1.40. The van der Waals surface area contributed by atoms with E-state index in [0.29, 0.717) is 13.2 Å². The SMILES string of the molecule is CCN(CC)CCOCC(=O)CC(=O)OCCCc1ccccc1. The van der Waals surface area contributed by atoms with Crippen LogP contribution >= 0.6 is 0 Å². The summed E-state index contributed by atoms with van der Waals surface area (Å²) in [4.78, 5) is 25.5. The molecule has 0 aliphatic rings. The summed E-state index contributed by atoms with van der Waals surface area (Å²) in [7, 11) is 0. The van der Waals surface area contributed by atoms with Crippen molar-refractivity contribution in [2.24, 2.45) is 0 Å². The van der Waals surface area contributed by atoms with Crippen molar-refractivity contribution in [3.05, 3.63) is 35.9 Å². The van der Waals surface area contributed by atoms with Gasteiger partial charge in [0.2, 0.25) is 0 Å². The van der Waals surface area contributed by atoms with Crippen LogP contribution in [0, 0.1) is 0 Å². The number of Topliss-reactive ketones (excluding diaryl/α,β-unsaturated/α-hetero) is 1. The van der Waals surface area contributed by atoms with E-state index >= 15 is 0 Å². The number of likely N-dealkylation sites (N-methyl/N-ethyl adjacent to an activating group) is 1. The van der Waals surface area contributed by atoms with Gasteiger partial charge in [-0.2, -0.15) is 0 Å². The molecule has 0 bridgehead atoms. The number of esters is 1. The molecule has 5 heteroatoms. The van der Waals surface area contributed by atoms with Crippen molar-refractivity contribution in [1.29, 1.82) is 0 Å². The molecule has 0 N–H and O–H groups in total. The summed E-state index contributed by atoms with van der Waals surface area (Å²) in [5.41, 5.74) is 1.21. The summed E-state index contributed by atoms with van der Waals surface area (Å²) < 4.78 is 10.4. The Labute approximate surface area is 144 Å². The van der Waals surface area contributed by atoms with Crippen molar-refractivity contribution in [3.63, 3.8) is 0 Å². The first-order valence-electron chi connectivity index (χ1n) is 8.67. The van der Waals surface area contributed by atoms with Crippen LogP contribution in [0.15, 0.2) is 30.3 Å². The molecule has 0 saturated carbocycles. The largest absolute Gasteiger partial charge is 0.465 e. The Morgan fingerprint density at radius 1 is 1.04 bits per heavy atom. The molecule has 1 aromatic carbocycles. The van der Waals surface area contributed by atoms with Crippen molar-refractivity contribution in [3.8, 4) is 0 Å². The van der Waals surface area contributed by atoms with E-state index in [9.17, 15) is 9.59 Å². The molecular weight excluding hydrogens is 306 g/mol. The summed E-state index contributed by atoms with van der Waals surface area (Å²) in [5.74, 6) is -0.706. The van der Waals surface area contributed by atoms with E-state index in [-0.39, 0.29) is 18.8 Å². The smallest absolute Gasteiger partial charge is 0.313 e. The third-order valence-corrected chi connectivity index (χ3v) is 3.77. The fourth-order valence-electron chi connectivity index (χ4n) is 2.29. The number of benzene rings is 1. The number of nitrogens with zero attached hydrogens (tertiary/aromatic N) is 1. The van der Waals surface area contributed by atoms with E-state index < -0.39 is 5.97 Å². The van der Waals surface area contributed by atoms with E-state index in [1.165, 1.54) is 5.56 Å². The quantitative estimate of drug-likeness (QED) is 0.315. The van der Waals surface area contributed by atoms with Crippen LogP contribution in [-0.2, 0) is 25.5 Å². The standard InChI is InChI=1S/C19H29NO4/c1-3-20(4-2)12-14-23-16-18(21)15-19(22)24-13-8-11-17-9-6-5-7-10-17/h5-7,9-10H,3-4,8,11-16H2,1-2H3. The number of hydrogen-bond acceptors (Lipinski definition) is 5. The molecule has 0 aliphatic carbocycles. The molecular formula is C19H29NO4. The second kappa shape index (κ2) is 12.7. The van der Waals surface area contributed by atoms with Crippen LogP contribution in [0.2, 0.25) is 0 Å². The molecule has 5 nitrogen and oxygen atoms in total. The van der Waals surface area contributed by atoms with E-state index in [2.05, 4.69) is 18.7 Å². The predicted octanol–water partition coefficient (Wildman–Crippen LogP) is 2.48. The predicted molar refractivity (Wildman–Crippen MR) is 94.0 cm³/mol. The molecule has 0 fully saturated rings. The van der Waals surface area contributed by atoms with Gasteiger partial charge in [-0.05, 0) is 31.5 Å². The van der Waals surface area contributed by atoms with Gasteiger partial charge in [-0.25, -0.2) is 0 Å². The molecule has 0 radical (unpaired) electrons. The Balaban J connectivity index is 2.04. The molecule has 134 valence electrons. The van der Waals surface area contributed by atoms with Gasteiger partial charge in [-0.1, -0.05) is 44.2 Å². The van der Waals surface area contributed by atoms with Gasteiger partial charge in [-0.15, -0.1) is 0 Å². The zero-order valence-corrected chi connectivity index (χ0v) is 14.8. The third-order valence-electron chi connectivity index (χ3n) is 3.77. The van der Waals surface area contributed by atoms with Crippen molar-refractivity contribution in [1.82, 2.24) is 4.90 Å². The first kappa shape index (κ1) is 20.3. The number of rotatable bonds is 13. The van der Waals surface area contributed by atoms with E-state index in [4.69, 9.17) is 9.47 Å².